The Morgan fingerprint density at radius 1 is 1.38 bits per heavy atom. The fourth-order valence-corrected chi connectivity index (χ4v) is 2.50. The van der Waals surface area contributed by atoms with Crippen molar-refractivity contribution in [1.29, 1.82) is 0 Å². The number of carboxylic acid groups (broad SMARTS) is 1. The van der Waals surface area contributed by atoms with E-state index in [9.17, 15) is 9.59 Å². The molecule has 0 aromatic carbocycles. The van der Waals surface area contributed by atoms with Crippen molar-refractivity contribution in [3.63, 3.8) is 0 Å². The standard InChI is InChI=1S/C11H12O5/c1-2-5-15-11(14)9-7-4-3-6(16-7)8(9)10(12)13/h1,6-9H,3-5H2,(H,12,13)/t6-,7-,8-,9-/m0/s1. The van der Waals surface area contributed by atoms with Gasteiger partial charge in [-0.25, -0.2) is 0 Å². The van der Waals surface area contributed by atoms with Gasteiger partial charge in [-0.2, -0.15) is 0 Å². The molecule has 2 fully saturated rings. The zero-order chi connectivity index (χ0) is 11.7. The first-order valence-corrected chi connectivity index (χ1v) is 5.13. The first-order valence-electron chi connectivity index (χ1n) is 5.13. The molecule has 2 rings (SSSR count). The maximum Gasteiger partial charge on any atom is 0.313 e. The van der Waals surface area contributed by atoms with Crippen LogP contribution in [0.2, 0.25) is 0 Å². The minimum atomic E-state index is -1.00. The molecule has 2 heterocycles. The summed E-state index contributed by atoms with van der Waals surface area (Å²) in [5.74, 6) is -0.876. The Hall–Kier alpha value is -1.54. The van der Waals surface area contributed by atoms with Gasteiger partial charge in [0.15, 0.2) is 6.61 Å². The molecule has 5 nitrogen and oxygen atoms in total. The molecule has 0 aromatic rings. The Morgan fingerprint density at radius 2 is 2.00 bits per heavy atom. The molecule has 0 amide bonds. The summed E-state index contributed by atoms with van der Waals surface area (Å²) in [6, 6.07) is 0. The summed E-state index contributed by atoms with van der Waals surface area (Å²) in [6.45, 7) is -0.126. The van der Waals surface area contributed by atoms with Crippen molar-refractivity contribution in [2.45, 2.75) is 25.0 Å². The molecule has 86 valence electrons. The van der Waals surface area contributed by atoms with Crippen molar-refractivity contribution < 1.29 is 24.2 Å². The van der Waals surface area contributed by atoms with Crippen molar-refractivity contribution in [2.24, 2.45) is 11.8 Å². The third-order valence-electron chi connectivity index (χ3n) is 3.13. The van der Waals surface area contributed by atoms with Crippen molar-refractivity contribution in [3.8, 4) is 12.3 Å². The minimum Gasteiger partial charge on any atom is -0.481 e. The Kier molecular flexibility index (Phi) is 2.84. The lowest BCUT2D eigenvalue weighted by atomic mass is 9.79. The van der Waals surface area contributed by atoms with Crippen molar-refractivity contribution in [2.75, 3.05) is 6.61 Å². The summed E-state index contributed by atoms with van der Waals surface area (Å²) in [6.07, 6.45) is 5.70. The van der Waals surface area contributed by atoms with Gasteiger partial charge < -0.3 is 14.6 Å². The first kappa shape index (κ1) is 11.0. The number of aliphatic carboxylic acids is 1. The van der Waals surface area contributed by atoms with Gasteiger partial charge in [-0.3, -0.25) is 9.59 Å². The van der Waals surface area contributed by atoms with Crippen LogP contribution in [0.15, 0.2) is 0 Å². The van der Waals surface area contributed by atoms with E-state index < -0.39 is 23.8 Å². The van der Waals surface area contributed by atoms with Gasteiger partial charge in [-0.15, -0.1) is 6.42 Å². The van der Waals surface area contributed by atoms with Crippen LogP contribution in [0, 0.1) is 24.2 Å². The van der Waals surface area contributed by atoms with E-state index in [1.165, 1.54) is 0 Å². The van der Waals surface area contributed by atoms with Crippen LogP contribution in [0.3, 0.4) is 0 Å². The number of carbonyl (C=O) groups excluding carboxylic acids is 1. The third kappa shape index (κ3) is 1.65. The third-order valence-corrected chi connectivity index (χ3v) is 3.13. The van der Waals surface area contributed by atoms with E-state index >= 15 is 0 Å². The van der Waals surface area contributed by atoms with Crippen LogP contribution in [0.5, 0.6) is 0 Å². The first-order chi connectivity index (χ1) is 7.65. The molecule has 0 unspecified atom stereocenters. The van der Waals surface area contributed by atoms with Gasteiger partial charge in [0.2, 0.25) is 0 Å². The van der Waals surface area contributed by atoms with Crippen molar-refractivity contribution in [3.05, 3.63) is 0 Å². The zero-order valence-corrected chi connectivity index (χ0v) is 8.59. The van der Waals surface area contributed by atoms with E-state index in [0.29, 0.717) is 12.8 Å². The second kappa shape index (κ2) is 4.14. The predicted octanol–water partition coefficient (Wildman–Crippen LogP) is 0.0410. The summed E-state index contributed by atoms with van der Waals surface area (Å²) < 4.78 is 10.2. The van der Waals surface area contributed by atoms with Crippen LogP contribution in [-0.2, 0) is 19.1 Å². The minimum absolute atomic E-state index is 0.126. The highest BCUT2D eigenvalue weighted by Crippen LogP contribution is 2.44. The molecular weight excluding hydrogens is 212 g/mol. The van der Waals surface area contributed by atoms with Crippen LogP contribution in [0.4, 0.5) is 0 Å². The number of carbonyl (C=O) groups is 2. The fraction of sp³-hybridized carbons (Fsp3) is 0.636. The Morgan fingerprint density at radius 3 is 2.56 bits per heavy atom. The molecule has 2 bridgehead atoms. The van der Waals surface area contributed by atoms with E-state index in [-0.39, 0.29) is 18.8 Å². The van der Waals surface area contributed by atoms with Crippen LogP contribution in [0.1, 0.15) is 12.8 Å². The summed E-state index contributed by atoms with van der Waals surface area (Å²) >= 11 is 0. The van der Waals surface area contributed by atoms with E-state index in [4.69, 9.17) is 21.0 Å². The summed E-state index contributed by atoms with van der Waals surface area (Å²) in [4.78, 5) is 22.7. The predicted molar refractivity (Wildman–Crippen MR) is 52.3 cm³/mol. The quantitative estimate of drug-likeness (QED) is 0.541. The molecule has 1 N–H and O–H groups in total. The maximum atomic E-state index is 11.6. The number of hydrogen-bond acceptors (Lipinski definition) is 4. The van der Waals surface area contributed by atoms with Gasteiger partial charge in [-0.05, 0) is 12.8 Å². The average molecular weight is 224 g/mol. The Labute approximate surface area is 92.7 Å². The summed E-state index contributed by atoms with van der Waals surface area (Å²) in [5.41, 5.74) is 0. The van der Waals surface area contributed by atoms with Crippen LogP contribution in [0.25, 0.3) is 0 Å². The molecular formula is C11H12O5. The Balaban J connectivity index is 2.10. The lowest BCUT2D eigenvalue weighted by Crippen LogP contribution is -2.39. The second-order valence-corrected chi connectivity index (χ2v) is 3.99. The SMILES string of the molecule is C#CCOC(=O)[C@@H]1[C@@H](C(=O)O)[C@@H]2CC[C@@H]1O2. The Bertz CT molecular complexity index is 356. The maximum absolute atomic E-state index is 11.6. The molecule has 5 heteroatoms. The largest absolute Gasteiger partial charge is 0.481 e. The highest BCUT2D eigenvalue weighted by Gasteiger charge is 2.56. The lowest BCUT2D eigenvalue weighted by molar-refractivity contribution is -0.157. The van der Waals surface area contributed by atoms with Gasteiger partial charge in [-0.1, -0.05) is 5.92 Å². The number of hydrogen-bond donors (Lipinski definition) is 1. The molecule has 0 aliphatic carbocycles. The highest BCUT2D eigenvalue weighted by atomic mass is 16.5. The molecule has 0 radical (unpaired) electrons. The molecule has 0 saturated carbocycles. The number of rotatable bonds is 3. The topological polar surface area (TPSA) is 72.8 Å². The summed E-state index contributed by atoms with van der Waals surface area (Å²) in [7, 11) is 0. The molecule has 0 spiro atoms. The highest BCUT2D eigenvalue weighted by molar-refractivity contribution is 5.83. The van der Waals surface area contributed by atoms with E-state index in [1.807, 2.05) is 0 Å². The normalized spacial score (nSPS) is 35.7. The number of fused-ring (bicyclic) bond motifs is 2. The average Bonchev–Trinajstić information content (AvgIpc) is 2.84. The smallest absolute Gasteiger partial charge is 0.313 e. The molecule has 0 aromatic heterocycles. The van der Waals surface area contributed by atoms with Crippen LogP contribution >= 0.6 is 0 Å². The van der Waals surface area contributed by atoms with Crippen LogP contribution in [-0.4, -0.2) is 35.9 Å². The van der Waals surface area contributed by atoms with Crippen LogP contribution < -0.4 is 0 Å². The molecule has 2 saturated heterocycles. The van der Waals surface area contributed by atoms with Crippen molar-refractivity contribution in [1.82, 2.24) is 0 Å². The summed E-state index contributed by atoms with van der Waals surface area (Å²) in [5, 5.41) is 9.05. The number of ether oxygens (including phenoxy) is 2. The second-order valence-electron chi connectivity index (χ2n) is 3.99. The fourth-order valence-electron chi connectivity index (χ4n) is 2.50. The van der Waals surface area contributed by atoms with E-state index in [2.05, 4.69) is 5.92 Å². The number of terminal acetylenes is 1. The zero-order valence-electron chi connectivity index (χ0n) is 8.59. The molecule has 2 aliphatic heterocycles. The lowest BCUT2D eigenvalue weighted by Gasteiger charge is -2.22. The van der Waals surface area contributed by atoms with Gasteiger partial charge in [0.05, 0.1) is 24.0 Å². The van der Waals surface area contributed by atoms with Gasteiger partial charge in [0.1, 0.15) is 0 Å². The van der Waals surface area contributed by atoms with Crippen molar-refractivity contribution >= 4 is 11.9 Å². The molecule has 2 aliphatic rings. The van der Waals surface area contributed by atoms with Gasteiger partial charge >= 0.3 is 11.9 Å². The van der Waals surface area contributed by atoms with E-state index in [1.54, 1.807) is 0 Å². The molecule has 16 heavy (non-hydrogen) atoms. The number of carboxylic acids is 1. The number of esters is 1. The monoisotopic (exact) mass is 224 g/mol. The van der Waals surface area contributed by atoms with Gasteiger partial charge in [0, 0.05) is 0 Å². The molecule has 4 atom stereocenters. The van der Waals surface area contributed by atoms with E-state index in [0.717, 1.165) is 0 Å². The van der Waals surface area contributed by atoms with Gasteiger partial charge in [0.25, 0.3) is 0 Å².